The van der Waals surface area contributed by atoms with Crippen LogP contribution in [0.15, 0.2) is 42.5 Å². The number of fused-ring (bicyclic) bond motifs is 1. The average molecular weight is 355 g/mol. The Kier molecular flexibility index (Phi) is 6.31. The van der Waals surface area contributed by atoms with E-state index in [0.29, 0.717) is 11.3 Å². The standard InChI is InChI=1S/C17H16F3NO2.C2H6.H2/c18-17(19,20)23-16-4-2-1-3-12(16)10-22-15-6-5-11-7-14(21)8-13(11)9-15;1-2;/h1-6,9,14H,7-8,10,21H2;1-2H3;1H/t14-;;/m0../s1. The SMILES string of the molecule is CC.N[C@H]1Cc2ccc(OCc3ccccc3OC(F)(F)F)cc2C1.[HH]. The van der Waals surface area contributed by atoms with Crippen molar-refractivity contribution in [3.05, 3.63) is 59.2 Å². The normalized spacial score (nSPS) is 15.8. The molecule has 0 aliphatic heterocycles. The molecule has 0 bridgehead atoms. The van der Waals surface area contributed by atoms with Crippen molar-refractivity contribution in [1.29, 1.82) is 0 Å². The molecule has 1 aliphatic rings. The summed E-state index contributed by atoms with van der Waals surface area (Å²) in [6, 6.07) is 11.7. The Hall–Kier alpha value is -2.21. The first-order valence-electron chi connectivity index (χ1n) is 8.24. The van der Waals surface area contributed by atoms with Gasteiger partial charge in [0.15, 0.2) is 0 Å². The number of rotatable bonds is 4. The fraction of sp³-hybridized carbons (Fsp3) is 0.368. The molecule has 0 amide bonds. The molecule has 0 unspecified atom stereocenters. The Balaban J connectivity index is 0.00000109. The molecule has 0 fully saturated rings. The average Bonchev–Trinajstić information content (AvgIpc) is 2.94. The van der Waals surface area contributed by atoms with Crippen LogP contribution < -0.4 is 15.2 Å². The molecule has 25 heavy (non-hydrogen) atoms. The lowest BCUT2D eigenvalue weighted by molar-refractivity contribution is -0.275. The zero-order valence-corrected chi connectivity index (χ0v) is 14.3. The second kappa shape index (κ2) is 8.25. The van der Waals surface area contributed by atoms with E-state index >= 15 is 0 Å². The second-order valence-electron chi connectivity index (χ2n) is 5.54. The number of hydrogen-bond acceptors (Lipinski definition) is 3. The minimum Gasteiger partial charge on any atom is -0.489 e. The quantitative estimate of drug-likeness (QED) is 0.852. The number of halogens is 3. The number of alkyl halides is 3. The van der Waals surface area contributed by atoms with Gasteiger partial charge in [0.2, 0.25) is 0 Å². The molecule has 6 heteroatoms. The fourth-order valence-electron chi connectivity index (χ4n) is 2.73. The van der Waals surface area contributed by atoms with Crippen molar-refractivity contribution < 1.29 is 24.1 Å². The Morgan fingerprint density at radius 1 is 1.08 bits per heavy atom. The Labute approximate surface area is 147 Å². The number of nitrogens with two attached hydrogens (primary N) is 1. The van der Waals surface area contributed by atoms with E-state index in [1.165, 1.54) is 17.7 Å². The summed E-state index contributed by atoms with van der Waals surface area (Å²) in [7, 11) is 0. The third-order valence-corrected chi connectivity index (χ3v) is 3.73. The van der Waals surface area contributed by atoms with Crippen molar-refractivity contribution in [2.75, 3.05) is 0 Å². The maximum atomic E-state index is 12.4. The van der Waals surface area contributed by atoms with Gasteiger partial charge in [-0.05, 0) is 42.2 Å². The number of ether oxygens (including phenoxy) is 2. The second-order valence-corrected chi connectivity index (χ2v) is 5.54. The van der Waals surface area contributed by atoms with Gasteiger partial charge < -0.3 is 15.2 Å². The molecular weight excluding hydrogens is 331 g/mol. The van der Waals surface area contributed by atoms with Gasteiger partial charge in [0, 0.05) is 13.0 Å². The van der Waals surface area contributed by atoms with E-state index in [4.69, 9.17) is 10.5 Å². The third kappa shape index (κ3) is 5.39. The molecule has 2 aromatic rings. The van der Waals surface area contributed by atoms with Gasteiger partial charge in [0.25, 0.3) is 0 Å². The summed E-state index contributed by atoms with van der Waals surface area (Å²) >= 11 is 0. The van der Waals surface area contributed by atoms with Gasteiger partial charge in [-0.15, -0.1) is 13.2 Å². The zero-order valence-electron chi connectivity index (χ0n) is 14.3. The van der Waals surface area contributed by atoms with Crippen LogP contribution in [-0.2, 0) is 19.4 Å². The van der Waals surface area contributed by atoms with E-state index in [-0.39, 0.29) is 19.8 Å². The lowest BCUT2D eigenvalue weighted by Crippen LogP contribution is -2.18. The predicted octanol–water partition coefficient (Wildman–Crippen LogP) is 4.86. The van der Waals surface area contributed by atoms with Crippen molar-refractivity contribution in [3.63, 3.8) is 0 Å². The summed E-state index contributed by atoms with van der Waals surface area (Å²) < 4.78 is 46.8. The van der Waals surface area contributed by atoms with E-state index < -0.39 is 6.36 Å². The highest BCUT2D eigenvalue weighted by molar-refractivity contribution is 5.40. The number of benzene rings is 2. The van der Waals surface area contributed by atoms with Crippen molar-refractivity contribution in [1.82, 2.24) is 0 Å². The Morgan fingerprint density at radius 2 is 1.76 bits per heavy atom. The Morgan fingerprint density at radius 3 is 2.48 bits per heavy atom. The highest BCUT2D eigenvalue weighted by atomic mass is 19.4. The molecule has 2 N–H and O–H groups in total. The molecule has 0 heterocycles. The number of para-hydroxylation sites is 1. The minimum atomic E-state index is -4.72. The van der Waals surface area contributed by atoms with Crippen LogP contribution in [0.1, 0.15) is 32.0 Å². The lowest BCUT2D eigenvalue weighted by Gasteiger charge is -2.14. The van der Waals surface area contributed by atoms with Crippen molar-refractivity contribution in [2.24, 2.45) is 5.73 Å². The van der Waals surface area contributed by atoms with Gasteiger partial charge in [-0.25, -0.2) is 0 Å². The van der Waals surface area contributed by atoms with Crippen LogP contribution in [0.3, 0.4) is 0 Å². The molecule has 2 aromatic carbocycles. The summed E-state index contributed by atoms with van der Waals surface area (Å²) in [5.74, 6) is 0.364. The first-order chi connectivity index (χ1) is 11.9. The molecule has 0 spiro atoms. The van der Waals surface area contributed by atoms with E-state index in [1.807, 2.05) is 32.0 Å². The van der Waals surface area contributed by atoms with Gasteiger partial charge in [0.05, 0.1) is 0 Å². The Bertz CT molecular complexity index is 707. The molecule has 138 valence electrons. The minimum absolute atomic E-state index is 0. The maximum Gasteiger partial charge on any atom is 0.573 e. The fourth-order valence-corrected chi connectivity index (χ4v) is 2.73. The molecule has 3 rings (SSSR count). The molecule has 1 atom stereocenters. The van der Waals surface area contributed by atoms with E-state index in [2.05, 4.69) is 4.74 Å². The van der Waals surface area contributed by atoms with E-state index in [9.17, 15) is 13.2 Å². The molecule has 0 saturated carbocycles. The van der Waals surface area contributed by atoms with Gasteiger partial charge >= 0.3 is 6.36 Å². The first kappa shape index (κ1) is 19.1. The van der Waals surface area contributed by atoms with Crippen LogP contribution in [0.2, 0.25) is 0 Å². The molecule has 3 nitrogen and oxygen atoms in total. The first-order valence-corrected chi connectivity index (χ1v) is 8.24. The van der Waals surface area contributed by atoms with Crippen molar-refractivity contribution in [3.8, 4) is 11.5 Å². The molecule has 0 aromatic heterocycles. The molecular formula is C19H24F3NO2. The van der Waals surface area contributed by atoms with Gasteiger partial charge in [0.1, 0.15) is 18.1 Å². The van der Waals surface area contributed by atoms with Crippen molar-refractivity contribution >= 4 is 0 Å². The van der Waals surface area contributed by atoms with Crippen LogP contribution in [0.4, 0.5) is 13.2 Å². The molecule has 0 saturated heterocycles. The number of hydrogen-bond donors (Lipinski definition) is 1. The monoisotopic (exact) mass is 355 g/mol. The van der Waals surface area contributed by atoms with Crippen LogP contribution in [0.25, 0.3) is 0 Å². The van der Waals surface area contributed by atoms with Crippen LogP contribution in [0, 0.1) is 0 Å². The molecule has 0 radical (unpaired) electrons. The summed E-state index contributed by atoms with van der Waals surface area (Å²) in [6.45, 7) is 4.00. The smallest absolute Gasteiger partial charge is 0.489 e. The van der Waals surface area contributed by atoms with E-state index in [1.54, 1.807) is 12.1 Å². The van der Waals surface area contributed by atoms with Crippen LogP contribution in [-0.4, -0.2) is 12.4 Å². The summed E-state index contributed by atoms with van der Waals surface area (Å²) in [5, 5.41) is 0. The largest absolute Gasteiger partial charge is 0.573 e. The maximum absolute atomic E-state index is 12.4. The summed E-state index contributed by atoms with van der Waals surface area (Å²) in [4.78, 5) is 0. The summed E-state index contributed by atoms with van der Waals surface area (Å²) in [6.07, 6.45) is -3.09. The highest BCUT2D eigenvalue weighted by Gasteiger charge is 2.32. The van der Waals surface area contributed by atoms with E-state index in [0.717, 1.165) is 18.4 Å². The zero-order chi connectivity index (χ0) is 18.4. The van der Waals surface area contributed by atoms with Gasteiger partial charge in [-0.2, -0.15) is 0 Å². The highest BCUT2D eigenvalue weighted by Crippen LogP contribution is 2.29. The van der Waals surface area contributed by atoms with Gasteiger partial charge in [-0.3, -0.25) is 0 Å². The van der Waals surface area contributed by atoms with Crippen molar-refractivity contribution in [2.45, 2.75) is 45.7 Å². The predicted molar refractivity (Wildman–Crippen MR) is 92.7 cm³/mol. The lowest BCUT2D eigenvalue weighted by atomic mass is 10.1. The van der Waals surface area contributed by atoms with Gasteiger partial charge in [-0.1, -0.05) is 38.1 Å². The summed E-state index contributed by atoms with van der Waals surface area (Å²) in [5.41, 5.74) is 8.58. The topological polar surface area (TPSA) is 44.5 Å². The molecule has 1 aliphatic carbocycles. The van der Waals surface area contributed by atoms with Crippen LogP contribution in [0.5, 0.6) is 11.5 Å². The third-order valence-electron chi connectivity index (χ3n) is 3.73. The van der Waals surface area contributed by atoms with Crippen LogP contribution >= 0.6 is 0 Å².